The first-order valence-corrected chi connectivity index (χ1v) is 8.63. The number of hydrogen-bond donors (Lipinski definition) is 0. The fourth-order valence-electron chi connectivity index (χ4n) is 3.66. The standard InChI is InChI=1S/C20H23N5/c1-14-9-11-16(12-10-14)25-19(21-22-23-25)18-17-8-6-5-7-15(17)13-20(2,3)24(18)4/h5-12,18H,13H2,1-4H3/t18-/m0/s1. The Morgan fingerprint density at radius 3 is 2.52 bits per heavy atom. The summed E-state index contributed by atoms with van der Waals surface area (Å²) < 4.78 is 1.86. The molecule has 4 rings (SSSR count). The van der Waals surface area contributed by atoms with Gasteiger partial charge in [0, 0.05) is 5.54 Å². The molecular weight excluding hydrogens is 310 g/mol. The fraction of sp³-hybridized carbons (Fsp3) is 0.350. The SMILES string of the molecule is Cc1ccc(-n2nnnc2[C@@H]2c3ccccc3CC(C)(C)N2C)cc1. The zero-order valence-electron chi connectivity index (χ0n) is 15.1. The molecule has 2 aromatic carbocycles. The van der Waals surface area contributed by atoms with E-state index in [9.17, 15) is 0 Å². The number of benzene rings is 2. The summed E-state index contributed by atoms with van der Waals surface area (Å²) >= 11 is 0. The summed E-state index contributed by atoms with van der Waals surface area (Å²) in [5, 5.41) is 12.7. The van der Waals surface area contributed by atoms with Gasteiger partial charge in [0.15, 0.2) is 5.82 Å². The summed E-state index contributed by atoms with van der Waals surface area (Å²) in [7, 11) is 2.16. The first-order valence-electron chi connectivity index (χ1n) is 8.63. The number of hydrogen-bond acceptors (Lipinski definition) is 4. The Hall–Kier alpha value is -2.53. The molecule has 1 aromatic heterocycles. The number of fused-ring (bicyclic) bond motifs is 1. The van der Waals surface area contributed by atoms with Crippen LogP contribution >= 0.6 is 0 Å². The molecule has 0 N–H and O–H groups in total. The molecule has 5 heteroatoms. The molecule has 1 atom stereocenters. The van der Waals surface area contributed by atoms with Gasteiger partial charge in [0.25, 0.3) is 0 Å². The predicted octanol–water partition coefficient (Wildman–Crippen LogP) is 3.33. The van der Waals surface area contributed by atoms with Crippen LogP contribution < -0.4 is 0 Å². The lowest BCUT2D eigenvalue weighted by Crippen LogP contribution is -2.49. The van der Waals surface area contributed by atoms with Crippen molar-refractivity contribution in [3.63, 3.8) is 0 Å². The Labute approximate surface area is 148 Å². The number of aryl methyl sites for hydroxylation is 1. The van der Waals surface area contributed by atoms with E-state index in [1.807, 2.05) is 4.68 Å². The normalized spacial score (nSPS) is 19.6. The third kappa shape index (κ3) is 2.65. The van der Waals surface area contributed by atoms with E-state index in [-0.39, 0.29) is 11.6 Å². The van der Waals surface area contributed by atoms with Crippen molar-refractivity contribution in [1.29, 1.82) is 0 Å². The fourth-order valence-corrected chi connectivity index (χ4v) is 3.66. The molecule has 2 heterocycles. The maximum absolute atomic E-state index is 4.41. The van der Waals surface area contributed by atoms with Gasteiger partial charge in [0.1, 0.15) is 0 Å². The second-order valence-corrected chi connectivity index (χ2v) is 7.49. The van der Waals surface area contributed by atoms with Crippen molar-refractivity contribution in [2.45, 2.75) is 38.8 Å². The Kier molecular flexibility index (Phi) is 3.69. The van der Waals surface area contributed by atoms with Gasteiger partial charge in [-0.15, -0.1) is 5.10 Å². The van der Waals surface area contributed by atoms with E-state index in [2.05, 4.69) is 96.8 Å². The lowest BCUT2D eigenvalue weighted by molar-refractivity contribution is 0.0993. The molecule has 5 nitrogen and oxygen atoms in total. The molecular formula is C20H23N5. The van der Waals surface area contributed by atoms with Crippen molar-refractivity contribution in [2.75, 3.05) is 7.05 Å². The molecule has 3 aromatic rings. The summed E-state index contributed by atoms with van der Waals surface area (Å²) in [6, 6.07) is 16.9. The van der Waals surface area contributed by atoms with Gasteiger partial charge in [-0.2, -0.15) is 4.68 Å². The van der Waals surface area contributed by atoms with Gasteiger partial charge >= 0.3 is 0 Å². The Bertz CT molecular complexity index is 894. The smallest absolute Gasteiger partial charge is 0.178 e. The van der Waals surface area contributed by atoms with E-state index >= 15 is 0 Å². The van der Waals surface area contributed by atoms with Gasteiger partial charge in [-0.1, -0.05) is 42.0 Å². The predicted molar refractivity (Wildman–Crippen MR) is 97.7 cm³/mol. The van der Waals surface area contributed by atoms with E-state index in [0.29, 0.717) is 0 Å². The van der Waals surface area contributed by atoms with Gasteiger partial charge in [-0.05, 0) is 67.9 Å². The zero-order valence-corrected chi connectivity index (χ0v) is 15.1. The van der Waals surface area contributed by atoms with Crippen molar-refractivity contribution < 1.29 is 0 Å². The van der Waals surface area contributed by atoms with Crippen LogP contribution in [0.2, 0.25) is 0 Å². The van der Waals surface area contributed by atoms with E-state index in [0.717, 1.165) is 17.9 Å². The van der Waals surface area contributed by atoms with Crippen LogP contribution in [0, 0.1) is 6.92 Å². The maximum Gasteiger partial charge on any atom is 0.178 e. The van der Waals surface area contributed by atoms with Gasteiger partial charge in [0.05, 0.1) is 11.7 Å². The molecule has 0 bridgehead atoms. The number of nitrogens with zero attached hydrogens (tertiary/aromatic N) is 5. The lowest BCUT2D eigenvalue weighted by atomic mass is 9.81. The highest BCUT2D eigenvalue weighted by atomic mass is 15.6. The van der Waals surface area contributed by atoms with Gasteiger partial charge in [-0.25, -0.2) is 0 Å². The van der Waals surface area contributed by atoms with Crippen LogP contribution in [-0.4, -0.2) is 37.7 Å². The largest absolute Gasteiger partial charge is 0.287 e. The molecule has 0 aliphatic carbocycles. The highest BCUT2D eigenvalue weighted by Gasteiger charge is 2.40. The number of rotatable bonds is 2. The Balaban J connectivity index is 1.87. The molecule has 25 heavy (non-hydrogen) atoms. The summed E-state index contributed by atoms with van der Waals surface area (Å²) in [6.45, 7) is 6.63. The van der Waals surface area contributed by atoms with Crippen molar-refractivity contribution in [3.8, 4) is 5.69 Å². The van der Waals surface area contributed by atoms with Gasteiger partial charge < -0.3 is 0 Å². The zero-order chi connectivity index (χ0) is 17.6. The van der Waals surface area contributed by atoms with Crippen LogP contribution in [0.15, 0.2) is 48.5 Å². The van der Waals surface area contributed by atoms with Crippen molar-refractivity contribution in [2.24, 2.45) is 0 Å². The first kappa shape index (κ1) is 16.0. The monoisotopic (exact) mass is 333 g/mol. The van der Waals surface area contributed by atoms with Crippen LogP contribution in [0.4, 0.5) is 0 Å². The van der Waals surface area contributed by atoms with Crippen LogP contribution in [0.25, 0.3) is 5.69 Å². The molecule has 0 amide bonds. The average molecular weight is 333 g/mol. The second-order valence-electron chi connectivity index (χ2n) is 7.49. The molecule has 1 aliphatic rings. The van der Waals surface area contributed by atoms with Crippen LogP contribution in [0.1, 0.15) is 42.4 Å². The minimum atomic E-state index is 0.0243. The van der Waals surface area contributed by atoms with Gasteiger partial charge in [-0.3, -0.25) is 4.90 Å². The van der Waals surface area contributed by atoms with Crippen LogP contribution in [-0.2, 0) is 6.42 Å². The van der Waals surface area contributed by atoms with E-state index < -0.39 is 0 Å². The number of aromatic nitrogens is 4. The van der Waals surface area contributed by atoms with Crippen molar-refractivity contribution in [3.05, 3.63) is 71.0 Å². The third-order valence-electron chi connectivity index (χ3n) is 5.33. The van der Waals surface area contributed by atoms with E-state index in [4.69, 9.17) is 0 Å². The summed E-state index contributed by atoms with van der Waals surface area (Å²) in [5.74, 6) is 0.853. The molecule has 0 spiro atoms. The van der Waals surface area contributed by atoms with Crippen LogP contribution in [0.3, 0.4) is 0 Å². The Morgan fingerprint density at radius 1 is 1.04 bits per heavy atom. The summed E-state index contributed by atoms with van der Waals surface area (Å²) in [6.07, 6.45) is 1.02. The molecule has 0 saturated heterocycles. The molecule has 128 valence electrons. The minimum Gasteiger partial charge on any atom is -0.287 e. The second kappa shape index (κ2) is 5.77. The minimum absolute atomic E-state index is 0.0243. The highest BCUT2D eigenvalue weighted by Crippen LogP contribution is 2.40. The summed E-state index contributed by atoms with van der Waals surface area (Å²) in [5.41, 5.74) is 4.89. The third-order valence-corrected chi connectivity index (χ3v) is 5.33. The molecule has 0 radical (unpaired) electrons. The lowest BCUT2D eigenvalue weighted by Gasteiger charge is -2.45. The number of tetrazole rings is 1. The molecule has 0 saturated carbocycles. The average Bonchev–Trinajstić information content (AvgIpc) is 3.05. The molecule has 0 unspecified atom stereocenters. The van der Waals surface area contributed by atoms with Crippen LogP contribution in [0.5, 0.6) is 0 Å². The van der Waals surface area contributed by atoms with Crippen molar-refractivity contribution in [1.82, 2.24) is 25.1 Å². The first-order chi connectivity index (χ1) is 12.0. The highest BCUT2D eigenvalue weighted by molar-refractivity contribution is 5.40. The molecule has 1 aliphatic heterocycles. The summed E-state index contributed by atoms with van der Waals surface area (Å²) in [4.78, 5) is 2.38. The van der Waals surface area contributed by atoms with Crippen molar-refractivity contribution >= 4 is 0 Å². The van der Waals surface area contributed by atoms with E-state index in [1.165, 1.54) is 16.7 Å². The topological polar surface area (TPSA) is 46.8 Å². The Morgan fingerprint density at radius 2 is 1.76 bits per heavy atom. The van der Waals surface area contributed by atoms with Gasteiger partial charge in [0.2, 0.25) is 0 Å². The number of likely N-dealkylation sites (N-methyl/N-ethyl adjacent to an activating group) is 1. The quantitative estimate of drug-likeness (QED) is 0.722. The maximum atomic E-state index is 4.41. The molecule has 0 fully saturated rings. The van der Waals surface area contributed by atoms with E-state index in [1.54, 1.807) is 0 Å².